The van der Waals surface area contributed by atoms with E-state index in [0.29, 0.717) is 22.2 Å². The lowest BCUT2D eigenvalue weighted by Crippen LogP contribution is -1.87. The number of anilines is 1. The van der Waals surface area contributed by atoms with Crippen molar-refractivity contribution in [2.24, 2.45) is 0 Å². The van der Waals surface area contributed by atoms with Crippen LogP contribution in [0.15, 0.2) is 48.5 Å². The largest absolute Gasteiger partial charge is 0.456 e. The van der Waals surface area contributed by atoms with E-state index in [1.807, 2.05) is 30.3 Å². The van der Waals surface area contributed by atoms with Crippen LogP contribution in [-0.4, -0.2) is 0 Å². The van der Waals surface area contributed by atoms with Gasteiger partial charge >= 0.3 is 0 Å². The number of rotatable bonds is 2. The van der Waals surface area contributed by atoms with E-state index in [1.54, 1.807) is 18.2 Å². The minimum absolute atomic E-state index is 0.583. The summed E-state index contributed by atoms with van der Waals surface area (Å²) in [7, 11) is 0. The lowest BCUT2D eigenvalue weighted by Gasteiger charge is -2.07. The van der Waals surface area contributed by atoms with E-state index in [9.17, 15) is 0 Å². The quantitative estimate of drug-likeness (QED) is 0.782. The number of para-hydroxylation sites is 1. The van der Waals surface area contributed by atoms with Crippen molar-refractivity contribution in [1.29, 1.82) is 0 Å². The predicted octanol–water partition coefficient (Wildman–Crippen LogP) is 3.71. The molecule has 0 bridgehead atoms. The van der Waals surface area contributed by atoms with Crippen molar-refractivity contribution in [2.45, 2.75) is 0 Å². The summed E-state index contributed by atoms with van der Waals surface area (Å²) in [6.07, 6.45) is 0. The van der Waals surface area contributed by atoms with Gasteiger partial charge in [-0.1, -0.05) is 29.8 Å². The molecule has 76 valence electrons. The van der Waals surface area contributed by atoms with Gasteiger partial charge in [0.15, 0.2) is 0 Å². The molecule has 0 aliphatic heterocycles. The summed E-state index contributed by atoms with van der Waals surface area (Å²) in [4.78, 5) is 0. The number of hydrogen-bond donors (Lipinski definition) is 1. The van der Waals surface area contributed by atoms with Crippen molar-refractivity contribution in [3.05, 3.63) is 53.6 Å². The molecule has 2 nitrogen and oxygen atoms in total. The number of hydrogen-bond acceptors (Lipinski definition) is 2. The number of nitrogens with two attached hydrogens (primary N) is 1. The van der Waals surface area contributed by atoms with Gasteiger partial charge < -0.3 is 10.5 Å². The van der Waals surface area contributed by atoms with Crippen molar-refractivity contribution in [1.82, 2.24) is 0 Å². The summed E-state index contributed by atoms with van der Waals surface area (Å²) in [6, 6.07) is 14.5. The lowest BCUT2D eigenvalue weighted by atomic mass is 10.3. The van der Waals surface area contributed by atoms with Crippen molar-refractivity contribution in [2.75, 3.05) is 5.73 Å². The third kappa shape index (κ3) is 2.42. The van der Waals surface area contributed by atoms with Gasteiger partial charge in [-0.15, -0.1) is 0 Å². The fourth-order valence-electron chi connectivity index (χ4n) is 1.23. The van der Waals surface area contributed by atoms with Crippen LogP contribution in [0.3, 0.4) is 0 Å². The summed E-state index contributed by atoms with van der Waals surface area (Å²) in [5.41, 5.74) is 6.30. The zero-order valence-corrected chi connectivity index (χ0v) is 8.74. The van der Waals surface area contributed by atoms with Crippen molar-refractivity contribution >= 4 is 17.3 Å². The van der Waals surface area contributed by atoms with Crippen LogP contribution in [0, 0.1) is 0 Å². The van der Waals surface area contributed by atoms with Gasteiger partial charge in [-0.25, -0.2) is 0 Å². The molecule has 0 radical (unpaired) electrons. The molecule has 0 saturated carbocycles. The van der Waals surface area contributed by atoms with Gasteiger partial charge in [-0.2, -0.15) is 0 Å². The van der Waals surface area contributed by atoms with Crippen molar-refractivity contribution in [3.63, 3.8) is 0 Å². The first-order valence-electron chi connectivity index (χ1n) is 4.53. The van der Waals surface area contributed by atoms with E-state index in [2.05, 4.69) is 0 Å². The Kier molecular flexibility index (Phi) is 2.79. The van der Waals surface area contributed by atoms with Crippen LogP contribution in [0.25, 0.3) is 0 Å². The van der Waals surface area contributed by atoms with E-state index in [0.717, 1.165) is 0 Å². The minimum Gasteiger partial charge on any atom is -0.456 e. The molecule has 0 saturated heterocycles. The van der Waals surface area contributed by atoms with Crippen LogP contribution < -0.4 is 10.5 Å². The first kappa shape index (κ1) is 9.87. The predicted molar refractivity (Wildman–Crippen MR) is 62.4 cm³/mol. The highest BCUT2D eigenvalue weighted by molar-refractivity contribution is 6.32. The van der Waals surface area contributed by atoms with E-state index < -0.39 is 0 Å². The average Bonchev–Trinajstić information content (AvgIpc) is 2.22. The van der Waals surface area contributed by atoms with Crippen LogP contribution >= 0.6 is 11.6 Å². The first-order chi connectivity index (χ1) is 7.25. The Morgan fingerprint density at radius 2 is 1.80 bits per heavy atom. The molecule has 15 heavy (non-hydrogen) atoms. The molecule has 0 aromatic heterocycles. The van der Waals surface area contributed by atoms with Gasteiger partial charge in [0.05, 0.1) is 5.02 Å². The monoisotopic (exact) mass is 219 g/mol. The van der Waals surface area contributed by atoms with Gasteiger partial charge in [-0.3, -0.25) is 0 Å². The smallest absolute Gasteiger partial charge is 0.146 e. The van der Waals surface area contributed by atoms with Gasteiger partial charge in [0.1, 0.15) is 11.5 Å². The fourth-order valence-corrected chi connectivity index (χ4v) is 1.41. The van der Waals surface area contributed by atoms with Crippen molar-refractivity contribution < 1.29 is 4.74 Å². The highest BCUT2D eigenvalue weighted by Gasteiger charge is 2.01. The van der Waals surface area contributed by atoms with Gasteiger partial charge in [0, 0.05) is 11.8 Å². The van der Waals surface area contributed by atoms with Crippen LogP contribution in [0.5, 0.6) is 11.5 Å². The summed E-state index contributed by atoms with van der Waals surface area (Å²) >= 11 is 5.96. The van der Waals surface area contributed by atoms with Crippen LogP contribution in [0.4, 0.5) is 5.69 Å². The standard InChI is InChI=1S/C12H10ClNO/c13-11-6-1-2-7-12(11)15-10-5-3-4-9(14)8-10/h1-8H,14H2. The molecular weight excluding hydrogens is 210 g/mol. The van der Waals surface area contributed by atoms with Gasteiger partial charge in [0.2, 0.25) is 0 Å². The summed E-state index contributed by atoms with van der Waals surface area (Å²) in [5.74, 6) is 1.31. The highest BCUT2D eigenvalue weighted by atomic mass is 35.5. The second kappa shape index (κ2) is 4.24. The first-order valence-corrected chi connectivity index (χ1v) is 4.91. The molecule has 0 atom stereocenters. The molecular formula is C12H10ClNO. The molecule has 0 spiro atoms. The van der Waals surface area contributed by atoms with Crippen LogP contribution in [0.1, 0.15) is 0 Å². The topological polar surface area (TPSA) is 35.2 Å². The summed E-state index contributed by atoms with van der Waals surface area (Å²) in [5, 5.41) is 0.583. The maximum Gasteiger partial charge on any atom is 0.146 e. The Morgan fingerprint density at radius 1 is 1.00 bits per heavy atom. The molecule has 2 aromatic carbocycles. The molecule has 0 aliphatic rings. The zero-order valence-electron chi connectivity index (χ0n) is 7.98. The molecule has 2 rings (SSSR count). The molecule has 0 heterocycles. The second-order valence-corrected chi connectivity index (χ2v) is 3.51. The molecule has 0 amide bonds. The Bertz CT molecular complexity index is 471. The molecule has 3 heteroatoms. The zero-order chi connectivity index (χ0) is 10.7. The lowest BCUT2D eigenvalue weighted by molar-refractivity contribution is 0.483. The Balaban J connectivity index is 2.26. The number of nitrogen functional groups attached to an aromatic ring is 1. The summed E-state index contributed by atoms with van der Waals surface area (Å²) in [6.45, 7) is 0. The molecule has 2 N–H and O–H groups in total. The third-order valence-electron chi connectivity index (χ3n) is 1.92. The number of halogens is 1. The van der Waals surface area contributed by atoms with E-state index in [-0.39, 0.29) is 0 Å². The molecule has 0 unspecified atom stereocenters. The average molecular weight is 220 g/mol. The molecule has 0 aliphatic carbocycles. The van der Waals surface area contributed by atoms with Crippen LogP contribution in [-0.2, 0) is 0 Å². The number of ether oxygens (including phenoxy) is 1. The Hall–Kier alpha value is -1.67. The third-order valence-corrected chi connectivity index (χ3v) is 2.23. The fraction of sp³-hybridized carbons (Fsp3) is 0. The van der Waals surface area contributed by atoms with Gasteiger partial charge in [-0.05, 0) is 24.3 Å². The van der Waals surface area contributed by atoms with E-state index >= 15 is 0 Å². The molecule has 2 aromatic rings. The molecule has 0 fully saturated rings. The van der Waals surface area contributed by atoms with Crippen molar-refractivity contribution in [3.8, 4) is 11.5 Å². The normalized spacial score (nSPS) is 9.93. The van der Waals surface area contributed by atoms with E-state index in [4.69, 9.17) is 22.1 Å². The van der Waals surface area contributed by atoms with Crippen LogP contribution in [0.2, 0.25) is 5.02 Å². The SMILES string of the molecule is Nc1cccc(Oc2ccccc2Cl)c1. The maximum absolute atomic E-state index is 5.96. The highest BCUT2D eigenvalue weighted by Crippen LogP contribution is 2.29. The van der Waals surface area contributed by atoms with E-state index in [1.165, 1.54) is 0 Å². The summed E-state index contributed by atoms with van der Waals surface area (Å²) < 4.78 is 5.58. The second-order valence-electron chi connectivity index (χ2n) is 3.10. The maximum atomic E-state index is 5.96. The minimum atomic E-state index is 0.583. The Morgan fingerprint density at radius 3 is 2.53 bits per heavy atom. The van der Waals surface area contributed by atoms with Gasteiger partial charge in [0.25, 0.3) is 0 Å². The Labute approximate surface area is 93.2 Å². The number of benzene rings is 2.